The Labute approximate surface area is 133 Å². The molecule has 0 atom stereocenters. The molecule has 2 heterocycles. The first-order valence-electron chi connectivity index (χ1n) is 7.22. The van der Waals surface area contributed by atoms with Gasteiger partial charge in [-0.15, -0.1) is 10.2 Å². The third kappa shape index (κ3) is 5.22. The number of carbonyl (C=O) groups is 2. The van der Waals surface area contributed by atoms with Gasteiger partial charge in [0.2, 0.25) is 11.8 Å². The smallest absolute Gasteiger partial charge is 0.283 e. The van der Waals surface area contributed by atoms with Gasteiger partial charge in [0.05, 0.1) is 19.4 Å². The molecule has 0 aliphatic heterocycles. The zero-order chi connectivity index (χ0) is 16.7. The first-order valence-corrected chi connectivity index (χ1v) is 7.22. The van der Waals surface area contributed by atoms with E-state index in [2.05, 4.69) is 21.0 Å². The zero-order valence-corrected chi connectivity index (χ0v) is 13.0. The Kier molecular flexibility index (Phi) is 5.87. The van der Waals surface area contributed by atoms with Crippen LogP contribution < -0.4 is 10.9 Å². The fraction of sp³-hybridized carbons (Fsp3) is 0.429. The summed E-state index contributed by atoms with van der Waals surface area (Å²) in [6.07, 6.45) is 2.38. The number of carbonyl (C=O) groups excluding carboxylic acids is 2. The van der Waals surface area contributed by atoms with Crippen LogP contribution in [0.25, 0.3) is 11.7 Å². The van der Waals surface area contributed by atoms with Gasteiger partial charge < -0.3 is 8.83 Å². The molecule has 2 N–H and O–H groups in total. The maximum atomic E-state index is 11.8. The number of hydrogen-bond donors (Lipinski definition) is 2. The Balaban J connectivity index is 1.93. The van der Waals surface area contributed by atoms with Gasteiger partial charge >= 0.3 is 0 Å². The number of nitrogens with zero attached hydrogens (tertiary/aromatic N) is 3. The third-order valence-electron chi connectivity index (χ3n) is 2.84. The van der Waals surface area contributed by atoms with Crippen molar-refractivity contribution in [2.75, 3.05) is 13.1 Å². The molecule has 0 bridgehead atoms. The van der Waals surface area contributed by atoms with Crippen molar-refractivity contribution in [1.29, 1.82) is 0 Å². The van der Waals surface area contributed by atoms with Crippen molar-refractivity contribution in [2.24, 2.45) is 0 Å². The molecule has 0 radical (unpaired) electrons. The highest BCUT2D eigenvalue weighted by molar-refractivity contribution is 5.81. The molecule has 0 saturated carbocycles. The van der Waals surface area contributed by atoms with E-state index < -0.39 is 0 Å². The molecule has 0 spiro atoms. The molecule has 0 aliphatic rings. The molecule has 0 aromatic carbocycles. The van der Waals surface area contributed by atoms with E-state index in [9.17, 15) is 9.59 Å². The molecule has 2 rings (SSSR count). The molecule has 9 nitrogen and oxygen atoms in total. The SMILES string of the molecule is CCCN(CC(=O)NNC(C)=O)Cc1nnc(-c2ccco2)o1. The van der Waals surface area contributed by atoms with E-state index in [1.807, 2.05) is 11.8 Å². The van der Waals surface area contributed by atoms with Crippen molar-refractivity contribution in [1.82, 2.24) is 25.9 Å². The Morgan fingerprint density at radius 1 is 1.30 bits per heavy atom. The van der Waals surface area contributed by atoms with E-state index in [0.29, 0.717) is 30.6 Å². The van der Waals surface area contributed by atoms with Gasteiger partial charge in [-0.3, -0.25) is 25.3 Å². The lowest BCUT2D eigenvalue weighted by Gasteiger charge is -2.19. The van der Waals surface area contributed by atoms with E-state index in [4.69, 9.17) is 8.83 Å². The van der Waals surface area contributed by atoms with E-state index in [0.717, 1.165) is 6.42 Å². The number of hydrogen-bond acceptors (Lipinski definition) is 7. The molecule has 0 fully saturated rings. The summed E-state index contributed by atoms with van der Waals surface area (Å²) in [5.74, 6) is 0.523. The number of rotatable bonds is 7. The van der Waals surface area contributed by atoms with Crippen molar-refractivity contribution < 1.29 is 18.4 Å². The number of amides is 2. The Morgan fingerprint density at radius 3 is 2.78 bits per heavy atom. The second kappa shape index (κ2) is 8.08. The summed E-state index contributed by atoms with van der Waals surface area (Å²) in [5.41, 5.74) is 4.57. The molecule has 2 aromatic rings. The Morgan fingerprint density at radius 2 is 2.13 bits per heavy atom. The van der Waals surface area contributed by atoms with Crippen LogP contribution in [0.3, 0.4) is 0 Å². The van der Waals surface area contributed by atoms with Crippen molar-refractivity contribution in [3.8, 4) is 11.7 Å². The van der Waals surface area contributed by atoms with Crippen LogP contribution in [0.4, 0.5) is 0 Å². The average molecular weight is 321 g/mol. The van der Waals surface area contributed by atoms with Crippen LogP contribution in [0.5, 0.6) is 0 Å². The van der Waals surface area contributed by atoms with Crippen LogP contribution in [0, 0.1) is 0 Å². The first-order chi connectivity index (χ1) is 11.1. The number of aromatic nitrogens is 2. The predicted molar refractivity (Wildman–Crippen MR) is 79.5 cm³/mol. The summed E-state index contributed by atoms with van der Waals surface area (Å²) in [4.78, 5) is 24.4. The molecule has 124 valence electrons. The molecule has 2 amide bonds. The third-order valence-corrected chi connectivity index (χ3v) is 2.84. The second-order valence-corrected chi connectivity index (χ2v) is 4.92. The summed E-state index contributed by atoms with van der Waals surface area (Å²) in [7, 11) is 0. The van der Waals surface area contributed by atoms with E-state index in [1.54, 1.807) is 12.1 Å². The van der Waals surface area contributed by atoms with Gasteiger partial charge in [-0.1, -0.05) is 6.92 Å². The van der Waals surface area contributed by atoms with Gasteiger partial charge in [0.25, 0.3) is 11.8 Å². The molecule has 0 saturated heterocycles. The van der Waals surface area contributed by atoms with Crippen LogP contribution in [0.15, 0.2) is 27.2 Å². The van der Waals surface area contributed by atoms with Gasteiger partial charge in [0.15, 0.2) is 5.76 Å². The van der Waals surface area contributed by atoms with Gasteiger partial charge in [-0.2, -0.15) is 0 Å². The average Bonchev–Trinajstić information content (AvgIpc) is 3.16. The molecule has 23 heavy (non-hydrogen) atoms. The molecule has 9 heteroatoms. The van der Waals surface area contributed by atoms with Crippen molar-refractivity contribution >= 4 is 11.8 Å². The predicted octanol–water partition coefficient (Wildman–Crippen LogP) is 0.709. The zero-order valence-electron chi connectivity index (χ0n) is 13.0. The summed E-state index contributed by atoms with van der Waals surface area (Å²) in [6.45, 7) is 4.42. The van der Waals surface area contributed by atoms with Crippen molar-refractivity contribution in [3.05, 3.63) is 24.3 Å². The second-order valence-electron chi connectivity index (χ2n) is 4.92. The van der Waals surface area contributed by atoms with Gasteiger partial charge in [-0.25, -0.2) is 0 Å². The topological polar surface area (TPSA) is 114 Å². The van der Waals surface area contributed by atoms with Crippen molar-refractivity contribution in [2.45, 2.75) is 26.8 Å². The lowest BCUT2D eigenvalue weighted by Crippen LogP contribution is -2.45. The number of hydrazine groups is 1. The van der Waals surface area contributed by atoms with Crippen LogP contribution in [-0.2, 0) is 16.1 Å². The van der Waals surface area contributed by atoms with E-state index >= 15 is 0 Å². The maximum Gasteiger partial charge on any atom is 0.283 e. The Bertz CT molecular complexity index is 637. The molecular weight excluding hydrogens is 302 g/mol. The number of nitrogens with one attached hydrogen (secondary N) is 2. The summed E-state index contributed by atoms with van der Waals surface area (Å²) >= 11 is 0. The van der Waals surface area contributed by atoms with Crippen LogP contribution in [0.1, 0.15) is 26.2 Å². The van der Waals surface area contributed by atoms with Gasteiger partial charge in [0, 0.05) is 6.92 Å². The molecule has 0 unspecified atom stereocenters. The standard InChI is InChI=1S/C14H19N5O4/c1-3-6-19(8-12(21)16-15-10(2)20)9-13-17-18-14(23-13)11-5-4-7-22-11/h4-5,7H,3,6,8-9H2,1-2H3,(H,15,20)(H,16,21). The van der Waals surface area contributed by atoms with E-state index in [1.165, 1.54) is 13.2 Å². The molecule has 2 aromatic heterocycles. The van der Waals surface area contributed by atoms with Crippen LogP contribution >= 0.6 is 0 Å². The van der Waals surface area contributed by atoms with Crippen LogP contribution in [0.2, 0.25) is 0 Å². The minimum absolute atomic E-state index is 0.104. The quantitative estimate of drug-likeness (QED) is 0.722. The summed E-state index contributed by atoms with van der Waals surface area (Å²) < 4.78 is 10.7. The fourth-order valence-electron chi connectivity index (χ4n) is 1.94. The molecule has 0 aliphatic carbocycles. The highest BCUT2D eigenvalue weighted by Crippen LogP contribution is 2.18. The normalized spacial score (nSPS) is 10.7. The lowest BCUT2D eigenvalue weighted by atomic mass is 10.4. The highest BCUT2D eigenvalue weighted by Gasteiger charge is 2.16. The lowest BCUT2D eigenvalue weighted by molar-refractivity contribution is -0.128. The maximum absolute atomic E-state index is 11.8. The Hall–Kier alpha value is -2.68. The largest absolute Gasteiger partial charge is 0.459 e. The summed E-state index contributed by atoms with van der Waals surface area (Å²) in [5, 5.41) is 7.87. The fourth-order valence-corrected chi connectivity index (χ4v) is 1.94. The van der Waals surface area contributed by atoms with Crippen molar-refractivity contribution in [3.63, 3.8) is 0 Å². The number of furan rings is 1. The minimum atomic E-state index is -0.333. The monoisotopic (exact) mass is 321 g/mol. The van der Waals surface area contributed by atoms with Gasteiger partial charge in [0.1, 0.15) is 0 Å². The van der Waals surface area contributed by atoms with Gasteiger partial charge in [-0.05, 0) is 25.1 Å². The van der Waals surface area contributed by atoms with E-state index in [-0.39, 0.29) is 18.4 Å². The highest BCUT2D eigenvalue weighted by atomic mass is 16.4. The van der Waals surface area contributed by atoms with Crippen LogP contribution in [-0.4, -0.2) is 40.0 Å². The molecular formula is C14H19N5O4. The first kappa shape index (κ1) is 16.7. The summed E-state index contributed by atoms with van der Waals surface area (Å²) in [6, 6.07) is 3.46. The minimum Gasteiger partial charge on any atom is -0.459 e.